The van der Waals surface area contributed by atoms with E-state index in [0.717, 1.165) is 58.4 Å². The molecule has 22 heavy (non-hydrogen) atoms. The van der Waals surface area contributed by atoms with Crippen LogP contribution in [0, 0.1) is 5.41 Å². The van der Waals surface area contributed by atoms with Gasteiger partial charge in [-0.2, -0.15) is 0 Å². The number of nitrogens with zero attached hydrogens (tertiary/aromatic N) is 3. The minimum atomic E-state index is 0.390. The van der Waals surface area contributed by atoms with Crippen LogP contribution in [0.25, 0.3) is 0 Å². The molecule has 0 aromatic rings. The molecular weight excluding hydrogens is 276 g/mol. The van der Waals surface area contributed by atoms with Gasteiger partial charge in [-0.15, -0.1) is 0 Å². The molecule has 2 saturated heterocycles. The summed E-state index contributed by atoms with van der Waals surface area (Å²) in [6, 6.07) is 0.495. The number of guanidine groups is 1. The van der Waals surface area contributed by atoms with Gasteiger partial charge in [0, 0.05) is 37.7 Å². The van der Waals surface area contributed by atoms with E-state index in [1.54, 1.807) is 0 Å². The monoisotopic (exact) mass is 310 g/mol. The first-order chi connectivity index (χ1) is 10.6. The maximum atomic E-state index is 5.64. The molecule has 2 unspecified atom stereocenters. The summed E-state index contributed by atoms with van der Waals surface area (Å²) in [5.41, 5.74) is 0.390. The molecule has 0 saturated carbocycles. The number of nitrogens with one attached hydrogen (secondary N) is 1. The fourth-order valence-electron chi connectivity index (χ4n) is 3.69. The zero-order chi connectivity index (χ0) is 16.0. The van der Waals surface area contributed by atoms with Crippen LogP contribution in [0.4, 0.5) is 0 Å². The fraction of sp³-hybridized carbons (Fsp3) is 0.941. The molecule has 2 atom stereocenters. The number of hydrogen-bond acceptors (Lipinski definition) is 3. The molecule has 128 valence electrons. The molecule has 2 aliphatic rings. The molecule has 0 aliphatic carbocycles. The van der Waals surface area contributed by atoms with Crippen molar-refractivity contribution in [2.75, 3.05) is 52.5 Å². The third-order valence-corrected chi connectivity index (χ3v) is 5.20. The van der Waals surface area contributed by atoms with Crippen molar-refractivity contribution in [3.63, 3.8) is 0 Å². The highest BCUT2D eigenvalue weighted by Crippen LogP contribution is 2.38. The minimum absolute atomic E-state index is 0.390. The van der Waals surface area contributed by atoms with E-state index in [1.807, 2.05) is 0 Å². The number of rotatable bonds is 6. The largest absolute Gasteiger partial charge is 0.381 e. The van der Waals surface area contributed by atoms with Gasteiger partial charge in [0.1, 0.15) is 0 Å². The summed E-state index contributed by atoms with van der Waals surface area (Å²) in [4.78, 5) is 9.82. The minimum Gasteiger partial charge on any atom is -0.381 e. The Morgan fingerprint density at radius 1 is 1.32 bits per heavy atom. The number of hydrogen-bond donors (Lipinski definition) is 1. The molecule has 0 aromatic carbocycles. The van der Waals surface area contributed by atoms with Crippen LogP contribution in [0.15, 0.2) is 4.99 Å². The number of aliphatic imine (C=N–C) groups is 1. The SMILES string of the molecule is CCNC(=NCC(C)N(CC)CC)N1CCC2(CCOC2)C1. The van der Waals surface area contributed by atoms with Gasteiger partial charge in [-0.1, -0.05) is 13.8 Å². The molecular formula is C17H34N4O. The van der Waals surface area contributed by atoms with Crippen molar-refractivity contribution in [1.29, 1.82) is 0 Å². The van der Waals surface area contributed by atoms with Crippen LogP contribution >= 0.6 is 0 Å². The van der Waals surface area contributed by atoms with Gasteiger partial charge < -0.3 is 15.0 Å². The molecule has 5 heteroatoms. The Kier molecular flexibility index (Phi) is 6.50. The maximum Gasteiger partial charge on any atom is 0.193 e. The molecule has 1 spiro atoms. The van der Waals surface area contributed by atoms with Crippen LogP contribution in [0.3, 0.4) is 0 Å². The lowest BCUT2D eigenvalue weighted by Gasteiger charge is -2.27. The highest BCUT2D eigenvalue weighted by molar-refractivity contribution is 5.80. The van der Waals surface area contributed by atoms with Gasteiger partial charge in [0.25, 0.3) is 0 Å². The zero-order valence-corrected chi connectivity index (χ0v) is 14.9. The van der Waals surface area contributed by atoms with Gasteiger partial charge in [-0.25, -0.2) is 0 Å². The molecule has 2 heterocycles. The Morgan fingerprint density at radius 3 is 2.68 bits per heavy atom. The third kappa shape index (κ3) is 4.13. The summed E-state index contributed by atoms with van der Waals surface area (Å²) in [5.74, 6) is 1.09. The average molecular weight is 310 g/mol. The van der Waals surface area contributed by atoms with Crippen molar-refractivity contribution in [2.45, 2.75) is 46.6 Å². The van der Waals surface area contributed by atoms with E-state index in [0.29, 0.717) is 11.5 Å². The van der Waals surface area contributed by atoms with E-state index in [9.17, 15) is 0 Å². The van der Waals surface area contributed by atoms with Crippen LogP contribution in [0.2, 0.25) is 0 Å². The van der Waals surface area contributed by atoms with Crippen molar-refractivity contribution in [1.82, 2.24) is 15.1 Å². The van der Waals surface area contributed by atoms with Crippen molar-refractivity contribution >= 4 is 5.96 Å². The van der Waals surface area contributed by atoms with E-state index in [2.05, 4.69) is 42.8 Å². The highest BCUT2D eigenvalue weighted by Gasteiger charge is 2.42. The summed E-state index contributed by atoms with van der Waals surface area (Å²) in [6.45, 7) is 16.9. The maximum absolute atomic E-state index is 5.64. The first-order valence-corrected chi connectivity index (χ1v) is 8.99. The van der Waals surface area contributed by atoms with Gasteiger partial charge in [0.05, 0.1) is 13.2 Å². The van der Waals surface area contributed by atoms with Gasteiger partial charge in [0.15, 0.2) is 5.96 Å². The Hall–Kier alpha value is -0.810. The predicted molar refractivity (Wildman–Crippen MR) is 92.4 cm³/mol. The Bertz CT molecular complexity index is 362. The summed E-state index contributed by atoms with van der Waals surface area (Å²) in [7, 11) is 0. The number of likely N-dealkylation sites (N-methyl/N-ethyl adjacent to an activating group) is 1. The molecule has 2 aliphatic heterocycles. The Balaban J connectivity index is 1.95. The second-order valence-corrected chi connectivity index (χ2v) is 6.74. The summed E-state index contributed by atoms with van der Waals surface area (Å²) in [6.07, 6.45) is 2.45. The lowest BCUT2D eigenvalue weighted by molar-refractivity contribution is 0.156. The summed E-state index contributed by atoms with van der Waals surface area (Å²) < 4.78 is 5.64. The van der Waals surface area contributed by atoms with Gasteiger partial charge in [0.2, 0.25) is 0 Å². The normalized spacial score (nSPS) is 27.1. The molecule has 0 aromatic heterocycles. The van der Waals surface area contributed by atoms with E-state index in [4.69, 9.17) is 9.73 Å². The van der Waals surface area contributed by atoms with Crippen molar-refractivity contribution in [3.05, 3.63) is 0 Å². The quantitative estimate of drug-likeness (QED) is 0.600. The lowest BCUT2D eigenvalue weighted by Crippen LogP contribution is -2.43. The van der Waals surface area contributed by atoms with E-state index in [1.165, 1.54) is 12.8 Å². The second-order valence-electron chi connectivity index (χ2n) is 6.74. The van der Waals surface area contributed by atoms with Gasteiger partial charge >= 0.3 is 0 Å². The third-order valence-electron chi connectivity index (χ3n) is 5.20. The van der Waals surface area contributed by atoms with Crippen LogP contribution in [0.1, 0.15) is 40.5 Å². The number of likely N-dealkylation sites (tertiary alicyclic amines) is 1. The molecule has 0 bridgehead atoms. The van der Waals surface area contributed by atoms with E-state index >= 15 is 0 Å². The molecule has 5 nitrogen and oxygen atoms in total. The van der Waals surface area contributed by atoms with Gasteiger partial charge in [-0.05, 0) is 39.8 Å². The summed E-state index contributed by atoms with van der Waals surface area (Å²) in [5, 5.41) is 3.48. The Morgan fingerprint density at radius 2 is 2.09 bits per heavy atom. The lowest BCUT2D eigenvalue weighted by atomic mass is 9.87. The summed E-state index contributed by atoms with van der Waals surface area (Å²) >= 11 is 0. The highest BCUT2D eigenvalue weighted by atomic mass is 16.5. The molecule has 1 N–H and O–H groups in total. The van der Waals surface area contributed by atoms with Crippen LogP contribution in [-0.4, -0.2) is 74.3 Å². The van der Waals surface area contributed by atoms with Crippen LogP contribution < -0.4 is 5.32 Å². The molecule has 0 amide bonds. The Labute approximate surface area is 136 Å². The fourth-order valence-corrected chi connectivity index (χ4v) is 3.69. The smallest absolute Gasteiger partial charge is 0.193 e. The van der Waals surface area contributed by atoms with Crippen LogP contribution in [0.5, 0.6) is 0 Å². The second kappa shape index (κ2) is 8.16. The van der Waals surface area contributed by atoms with Crippen molar-refractivity contribution in [3.8, 4) is 0 Å². The first-order valence-electron chi connectivity index (χ1n) is 8.99. The topological polar surface area (TPSA) is 40.1 Å². The zero-order valence-electron chi connectivity index (χ0n) is 14.9. The van der Waals surface area contributed by atoms with Crippen molar-refractivity contribution in [2.24, 2.45) is 10.4 Å². The van der Waals surface area contributed by atoms with E-state index in [-0.39, 0.29) is 0 Å². The van der Waals surface area contributed by atoms with E-state index < -0.39 is 0 Å². The average Bonchev–Trinajstić information content (AvgIpc) is 3.15. The number of ether oxygens (including phenoxy) is 1. The molecule has 2 fully saturated rings. The first kappa shape index (κ1) is 17.5. The standard InChI is InChI=1S/C17H34N4O/c1-5-18-16(19-12-15(4)20(6-2)7-3)21-10-8-17(13-21)9-11-22-14-17/h15H,5-14H2,1-4H3,(H,18,19). The van der Waals surface area contributed by atoms with Gasteiger partial charge in [-0.3, -0.25) is 9.89 Å². The molecule has 0 radical (unpaired) electrons. The van der Waals surface area contributed by atoms with Crippen LogP contribution in [-0.2, 0) is 4.74 Å². The van der Waals surface area contributed by atoms with Crippen molar-refractivity contribution < 1.29 is 4.74 Å². The molecule has 2 rings (SSSR count). The predicted octanol–water partition coefficient (Wildman–Crippen LogP) is 1.79.